The number of carboxylic acid groups (broad SMARTS) is 2. The van der Waals surface area contributed by atoms with Crippen LogP contribution in [0.3, 0.4) is 0 Å². The maximum Gasteiger partial charge on any atom is 0.326 e. The van der Waals surface area contributed by atoms with Crippen LogP contribution in [-0.4, -0.2) is 50.7 Å². The summed E-state index contributed by atoms with van der Waals surface area (Å²) in [5.41, 5.74) is -0.360. The maximum atomic E-state index is 11.4. The Morgan fingerprint density at radius 1 is 1.40 bits per heavy atom. The van der Waals surface area contributed by atoms with Gasteiger partial charge in [-0.2, -0.15) is 0 Å². The molecule has 1 aliphatic heterocycles. The summed E-state index contributed by atoms with van der Waals surface area (Å²) >= 11 is 0. The highest BCUT2D eigenvalue weighted by atomic mass is 16.6. The molecule has 2 unspecified atom stereocenters. The third-order valence-corrected chi connectivity index (χ3v) is 4.11. The van der Waals surface area contributed by atoms with E-state index in [9.17, 15) is 29.9 Å². The second kappa shape index (κ2) is 7.32. The molecule has 1 aromatic heterocycles. The summed E-state index contributed by atoms with van der Waals surface area (Å²) in [4.78, 5) is 39.0. The van der Waals surface area contributed by atoms with Crippen molar-refractivity contribution in [2.45, 2.75) is 38.8 Å². The number of hydrogen-bond donors (Lipinski definition) is 3. The van der Waals surface area contributed by atoms with E-state index in [-0.39, 0.29) is 23.2 Å². The Kier molecular flexibility index (Phi) is 5.40. The maximum absolute atomic E-state index is 11.4. The van der Waals surface area contributed by atoms with Crippen LogP contribution < -0.4 is 10.2 Å². The lowest BCUT2D eigenvalue weighted by Gasteiger charge is -2.24. The lowest BCUT2D eigenvalue weighted by atomic mass is 10.0. The molecular weight excluding hydrogens is 332 g/mol. The van der Waals surface area contributed by atoms with E-state index in [0.717, 1.165) is 0 Å². The van der Waals surface area contributed by atoms with Crippen LogP contribution in [0.4, 0.5) is 17.3 Å². The molecule has 3 N–H and O–H groups in total. The number of carbonyl (C=O) groups is 2. The summed E-state index contributed by atoms with van der Waals surface area (Å²) in [6, 6.07) is 0.786. The van der Waals surface area contributed by atoms with Gasteiger partial charge in [0.15, 0.2) is 0 Å². The van der Waals surface area contributed by atoms with Gasteiger partial charge in [-0.15, -0.1) is 0 Å². The van der Waals surface area contributed by atoms with Gasteiger partial charge in [0.1, 0.15) is 17.9 Å². The first kappa shape index (κ1) is 18.4. The second-order valence-electron chi connectivity index (χ2n) is 6.19. The number of nitro groups is 1. The van der Waals surface area contributed by atoms with Gasteiger partial charge in [0.25, 0.3) is 0 Å². The number of anilines is 2. The highest BCUT2D eigenvalue weighted by Gasteiger charge is 2.33. The Hall–Kier alpha value is -2.91. The van der Waals surface area contributed by atoms with E-state index in [4.69, 9.17) is 0 Å². The SMILES string of the molecule is CC(C)C(Nc1nc(N2CCCC2C(=O)O)ccc1[N+](=O)[O-])C(=O)O. The normalized spacial score (nSPS) is 18.2. The number of aliphatic carboxylic acids is 2. The van der Waals surface area contributed by atoms with Crippen molar-refractivity contribution in [3.63, 3.8) is 0 Å². The molecule has 1 aromatic rings. The van der Waals surface area contributed by atoms with Gasteiger partial charge in [0.05, 0.1) is 4.92 Å². The molecule has 1 saturated heterocycles. The van der Waals surface area contributed by atoms with Crippen molar-refractivity contribution in [2.24, 2.45) is 5.92 Å². The molecular formula is C15H20N4O6. The van der Waals surface area contributed by atoms with E-state index in [1.54, 1.807) is 18.7 Å². The molecule has 0 bridgehead atoms. The van der Waals surface area contributed by atoms with Gasteiger partial charge >= 0.3 is 17.6 Å². The highest BCUT2D eigenvalue weighted by molar-refractivity contribution is 5.80. The van der Waals surface area contributed by atoms with Gasteiger partial charge < -0.3 is 20.4 Å². The minimum absolute atomic E-state index is 0.181. The minimum atomic E-state index is -1.15. The van der Waals surface area contributed by atoms with Crippen LogP contribution in [0.1, 0.15) is 26.7 Å². The zero-order valence-electron chi connectivity index (χ0n) is 13.9. The molecule has 0 radical (unpaired) electrons. The molecule has 0 spiro atoms. The van der Waals surface area contributed by atoms with E-state index in [2.05, 4.69) is 10.3 Å². The van der Waals surface area contributed by atoms with Crippen LogP contribution >= 0.6 is 0 Å². The Morgan fingerprint density at radius 2 is 2.08 bits per heavy atom. The lowest BCUT2D eigenvalue weighted by Crippen LogP contribution is -2.37. The average molecular weight is 352 g/mol. The number of rotatable bonds is 7. The van der Waals surface area contributed by atoms with Crippen LogP contribution in [0.15, 0.2) is 12.1 Å². The summed E-state index contributed by atoms with van der Waals surface area (Å²) in [7, 11) is 0. The van der Waals surface area contributed by atoms with Crippen LogP contribution in [0.2, 0.25) is 0 Å². The van der Waals surface area contributed by atoms with Crippen molar-refractivity contribution >= 4 is 29.3 Å². The zero-order valence-corrected chi connectivity index (χ0v) is 13.9. The Morgan fingerprint density at radius 3 is 2.60 bits per heavy atom. The van der Waals surface area contributed by atoms with Gasteiger partial charge in [-0.05, 0) is 24.8 Å². The topological polar surface area (TPSA) is 146 Å². The van der Waals surface area contributed by atoms with E-state index < -0.39 is 28.9 Å². The summed E-state index contributed by atoms with van der Waals surface area (Å²) in [6.07, 6.45) is 1.13. The van der Waals surface area contributed by atoms with Crippen LogP contribution in [0.25, 0.3) is 0 Å². The molecule has 10 nitrogen and oxygen atoms in total. The Labute approximate surface area is 143 Å². The standard InChI is InChI=1S/C15H20N4O6/c1-8(2)12(15(22)23)17-13-9(19(24)25)5-6-11(16-13)18-7-3-4-10(18)14(20)21/h5-6,8,10,12H,3-4,7H2,1-2H3,(H,16,17)(H,20,21)(H,22,23). The van der Waals surface area contributed by atoms with Crippen molar-refractivity contribution < 1.29 is 24.7 Å². The molecule has 10 heteroatoms. The molecule has 2 heterocycles. The minimum Gasteiger partial charge on any atom is -0.480 e. The van der Waals surface area contributed by atoms with E-state index >= 15 is 0 Å². The van der Waals surface area contributed by atoms with Crippen molar-refractivity contribution in [1.29, 1.82) is 0 Å². The molecule has 136 valence electrons. The van der Waals surface area contributed by atoms with Crippen LogP contribution in [-0.2, 0) is 9.59 Å². The van der Waals surface area contributed by atoms with E-state index in [0.29, 0.717) is 19.4 Å². The molecule has 2 rings (SSSR count). The zero-order chi connectivity index (χ0) is 18.7. The van der Waals surface area contributed by atoms with Gasteiger partial charge in [-0.1, -0.05) is 13.8 Å². The quantitative estimate of drug-likeness (QED) is 0.491. The number of carboxylic acids is 2. The number of nitrogens with zero attached hydrogens (tertiary/aromatic N) is 3. The first-order chi connectivity index (χ1) is 11.7. The fourth-order valence-electron chi connectivity index (χ4n) is 2.81. The molecule has 1 fully saturated rings. The predicted octanol–water partition coefficient (Wildman–Crippen LogP) is 1.56. The van der Waals surface area contributed by atoms with Gasteiger partial charge in [0, 0.05) is 12.6 Å². The third-order valence-electron chi connectivity index (χ3n) is 4.11. The number of hydrogen-bond acceptors (Lipinski definition) is 7. The molecule has 0 saturated carbocycles. The van der Waals surface area contributed by atoms with E-state index in [1.165, 1.54) is 12.1 Å². The number of aromatic nitrogens is 1. The fourth-order valence-corrected chi connectivity index (χ4v) is 2.81. The van der Waals surface area contributed by atoms with Crippen molar-refractivity contribution in [1.82, 2.24) is 4.98 Å². The molecule has 25 heavy (non-hydrogen) atoms. The van der Waals surface area contributed by atoms with Crippen molar-refractivity contribution in [3.8, 4) is 0 Å². The summed E-state index contributed by atoms with van der Waals surface area (Å²) in [6.45, 7) is 3.80. The Balaban J connectivity index is 2.41. The second-order valence-corrected chi connectivity index (χ2v) is 6.19. The molecule has 0 aromatic carbocycles. The molecule has 0 aliphatic carbocycles. The number of pyridine rings is 1. The average Bonchev–Trinajstić information content (AvgIpc) is 3.01. The summed E-state index contributed by atoms with van der Waals surface area (Å²) < 4.78 is 0. The first-order valence-electron chi connectivity index (χ1n) is 7.86. The smallest absolute Gasteiger partial charge is 0.326 e. The first-order valence-corrected chi connectivity index (χ1v) is 7.86. The Bertz CT molecular complexity index is 693. The van der Waals surface area contributed by atoms with Crippen LogP contribution in [0, 0.1) is 16.0 Å². The lowest BCUT2D eigenvalue weighted by molar-refractivity contribution is -0.384. The third kappa shape index (κ3) is 3.95. The molecule has 1 aliphatic rings. The number of nitrogens with one attached hydrogen (secondary N) is 1. The molecule has 0 amide bonds. The summed E-state index contributed by atoms with van der Waals surface area (Å²) in [5.74, 6) is -2.38. The van der Waals surface area contributed by atoms with Crippen LogP contribution in [0.5, 0.6) is 0 Å². The van der Waals surface area contributed by atoms with Gasteiger partial charge in [-0.3, -0.25) is 10.1 Å². The predicted molar refractivity (Wildman–Crippen MR) is 88.8 cm³/mol. The fraction of sp³-hybridized carbons (Fsp3) is 0.533. The van der Waals surface area contributed by atoms with E-state index in [1.807, 2.05) is 0 Å². The van der Waals surface area contributed by atoms with Crippen molar-refractivity contribution in [3.05, 3.63) is 22.2 Å². The van der Waals surface area contributed by atoms with Crippen molar-refractivity contribution in [2.75, 3.05) is 16.8 Å². The van der Waals surface area contributed by atoms with Gasteiger partial charge in [0.2, 0.25) is 5.82 Å². The van der Waals surface area contributed by atoms with Gasteiger partial charge in [-0.25, -0.2) is 14.6 Å². The largest absolute Gasteiger partial charge is 0.480 e. The highest BCUT2D eigenvalue weighted by Crippen LogP contribution is 2.30. The summed E-state index contributed by atoms with van der Waals surface area (Å²) in [5, 5.41) is 32.4. The molecule has 2 atom stereocenters. The monoisotopic (exact) mass is 352 g/mol.